The van der Waals surface area contributed by atoms with Gasteiger partial charge in [0.05, 0.1) is 12.9 Å². The van der Waals surface area contributed by atoms with Gasteiger partial charge in [-0.05, 0) is 48.2 Å². The first-order valence-electron chi connectivity index (χ1n) is 13.1. The molecule has 0 aliphatic heterocycles. The first-order valence-corrected chi connectivity index (χ1v) is 14.1. The molecule has 37 heavy (non-hydrogen) atoms. The molecule has 4 rings (SSSR count). The van der Waals surface area contributed by atoms with Crippen LogP contribution in [0, 0.1) is 0 Å². The molecule has 1 fully saturated rings. The third-order valence-electron chi connectivity index (χ3n) is 6.82. The summed E-state index contributed by atoms with van der Waals surface area (Å²) in [5.74, 6) is 0.860. The zero-order valence-electron chi connectivity index (χ0n) is 21.5. The quantitative estimate of drug-likeness (QED) is 0.324. The Bertz CT molecular complexity index is 1130. The van der Waals surface area contributed by atoms with E-state index in [1.54, 1.807) is 12.0 Å². The van der Waals surface area contributed by atoms with E-state index in [4.69, 9.17) is 4.74 Å². The van der Waals surface area contributed by atoms with Crippen LogP contribution in [0.1, 0.15) is 43.2 Å². The number of hydrogen-bond donors (Lipinski definition) is 1. The topological polar surface area (TPSA) is 58.6 Å². The fourth-order valence-electron chi connectivity index (χ4n) is 4.81. The van der Waals surface area contributed by atoms with Crippen LogP contribution < -0.4 is 10.1 Å². The second-order valence-corrected chi connectivity index (χ2v) is 10.6. The number of methoxy groups -OCH3 is 1. The van der Waals surface area contributed by atoms with Crippen LogP contribution >= 0.6 is 11.8 Å². The highest BCUT2D eigenvalue weighted by Gasteiger charge is 2.32. The van der Waals surface area contributed by atoms with Gasteiger partial charge in [-0.25, -0.2) is 0 Å². The number of ether oxygens (including phenoxy) is 1. The standard InChI is InChI=1S/C31H36N2O3S/c1-36-27-17-11-14-25(20-27)22-33(30(34)23-37-28-18-9-4-10-19-28)29(21-24-12-5-2-6-13-24)31(35)32-26-15-7-3-8-16-26/h2,4-6,9-14,17-20,26,29H,3,7-8,15-16,21-23H2,1H3,(H,32,35)/t29-/m0/s1. The van der Waals surface area contributed by atoms with Crippen molar-refractivity contribution < 1.29 is 14.3 Å². The van der Waals surface area contributed by atoms with Crippen LogP contribution in [-0.2, 0) is 22.6 Å². The van der Waals surface area contributed by atoms with E-state index in [2.05, 4.69) is 5.32 Å². The lowest BCUT2D eigenvalue weighted by molar-refractivity contribution is -0.139. The van der Waals surface area contributed by atoms with E-state index in [1.165, 1.54) is 18.2 Å². The van der Waals surface area contributed by atoms with Gasteiger partial charge in [0, 0.05) is 23.9 Å². The van der Waals surface area contributed by atoms with Crippen LogP contribution in [0.15, 0.2) is 89.8 Å². The fraction of sp³-hybridized carbons (Fsp3) is 0.355. The Kier molecular flexibility index (Phi) is 10.1. The predicted octanol–water partition coefficient (Wildman–Crippen LogP) is 5.88. The average Bonchev–Trinajstić information content (AvgIpc) is 2.95. The number of carbonyl (C=O) groups is 2. The maximum absolute atomic E-state index is 13.8. The molecule has 1 N–H and O–H groups in total. The lowest BCUT2D eigenvalue weighted by Gasteiger charge is -2.33. The van der Waals surface area contributed by atoms with Gasteiger partial charge in [0.25, 0.3) is 0 Å². The molecule has 1 saturated carbocycles. The minimum Gasteiger partial charge on any atom is -0.497 e. The highest BCUT2D eigenvalue weighted by atomic mass is 32.2. The van der Waals surface area contributed by atoms with Crippen LogP contribution in [0.5, 0.6) is 5.75 Å². The number of thioether (sulfide) groups is 1. The Balaban J connectivity index is 1.61. The number of benzene rings is 3. The SMILES string of the molecule is COc1cccc(CN(C(=O)CSc2ccccc2)[C@@H](Cc2ccccc2)C(=O)NC2CCCCC2)c1. The molecule has 0 aromatic heterocycles. The molecule has 3 aromatic carbocycles. The number of rotatable bonds is 11. The van der Waals surface area contributed by atoms with Crippen molar-refractivity contribution in [1.29, 1.82) is 0 Å². The molecule has 5 nitrogen and oxygen atoms in total. The molecule has 1 aliphatic carbocycles. The summed E-state index contributed by atoms with van der Waals surface area (Å²) in [7, 11) is 1.63. The second-order valence-electron chi connectivity index (χ2n) is 9.52. The molecule has 0 unspecified atom stereocenters. The molecule has 194 valence electrons. The van der Waals surface area contributed by atoms with E-state index in [0.717, 1.165) is 47.5 Å². The van der Waals surface area contributed by atoms with Crippen molar-refractivity contribution in [3.8, 4) is 5.75 Å². The maximum atomic E-state index is 13.8. The van der Waals surface area contributed by atoms with Gasteiger partial charge in [0.15, 0.2) is 0 Å². The lowest BCUT2D eigenvalue weighted by atomic mass is 9.94. The summed E-state index contributed by atoms with van der Waals surface area (Å²) < 4.78 is 5.42. The number of nitrogens with one attached hydrogen (secondary N) is 1. The molecule has 1 atom stereocenters. The third-order valence-corrected chi connectivity index (χ3v) is 7.81. The van der Waals surface area contributed by atoms with E-state index >= 15 is 0 Å². The highest BCUT2D eigenvalue weighted by molar-refractivity contribution is 8.00. The molecule has 0 saturated heterocycles. The third kappa shape index (κ3) is 8.12. The fourth-order valence-corrected chi connectivity index (χ4v) is 5.62. The van der Waals surface area contributed by atoms with Crippen LogP contribution in [0.2, 0.25) is 0 Å². The van der Waals surface area contributed by atoms with Crippen molar-refractivity contribution in [1.82, 2.24) is 10.2 Å². The number of carbonyl (C=O) groups excluding carboxylic acids is 2. The minimum atomic E-state index is -0.612. The van der Waals surface area contributed by atoms with Crippen molar-refractivity contribution in [3.63, 3.8) is 0 Å². The number of amides is 2. The highest BCUT2D eigenvalue weighted by Crippen LogP contribution is 2.23. The zero-order chi connectivity index (χ0) is 25.9. The average molecular weight is 517 g/mol. The summed E-state index contributed by atoms with van der Waals surface area (Å²) in [6.45, 7) is 0.334. The van der Waals surface area contributed by atoms with E-state index in [0.29, 0.717) is 13.0 Å². The van der Waals surface area contributed by atoms with Crippen LogP contribution in [0.4, 0.5) is 0 Å². The van der Waals surface area contributed by atoms with E-state index in [9.17, 15) is 9.59 Å². The molecule has 0 heterocycles. The summed E-state index contributed by atoms with van der Waals surface area (Å²) in [6.07, 6.45) is 5.94. The Morgan fingerprint density at radius 3 is 2.30 bits per heavy atom. The minimum absolute atomic E-state index is 0.0589. The smallest absolute Gasteiger partial charge is 0.243 e. The summed E-state index contributed by atoms with van der Waals surface area (Å²) in [4.78, 5) is 30.4. The lowest BCUT2D eigenvalue weighted by Crippen LogP contribution is -2.53. The van der Waals surface area contributed by atoms with Gasteiger partial charge in [-0.3, -0.25) is 9.59 Å². The molecule has 3 aromatic rings. The summed E-state index contributed by atoms with van der Waals surface area (Å²) in [5.41, 5.74) is 1.96. The first-order chi connectivity index (χ1) is 18.1. The Morgan fingerprint density at radius 2 is 1.59 bits per heavy atom. The van der Waals surface area contributed by atoms with Crippen LogP contribution in [0.25, 0.3) is 0 Å². The van der Waals surface area contributed by atoms with Crippen molar-refractivity contribution in [2.45, 2.75) is 62.0 Å². The van der Waals surface area contributed by atoms with E-state index in [-0.39, 0.29) is 23.6 Å². The van der Waals surface area contributed by atoms with Crippen LogP contribution in [-0.4, -0.2) is 41.7 Å². The van der Waals surface area contributed by atoms with Gasteiger partial charge < -0.3 is 15.0 Å². The Hall–Kier alpha value is -3.25. The van der Waals surface area contributed by atoms with Gasteiger partial charge in [-0.1, -0.05) is 79.9 Å². The molecule has 1 aliphatic rings. The number of hydrogen-bond acceptors (Lipinski definition) is 4. The van der Waals surface area contributed by atoms with Crippen molar-refractivity contribution >= 4 is 23.6 Å². The molecule has 2 amide bonds. The molecule has 6 heteroatoms. The van der Waals surface area contributed by atoms with Crippen LogP contribution in [0.3, 0.4) is 0 Å². The predicted molar refractivity (Wildman–Crippen MR) is 150 cm³/mol. The van der Waals surface area contributed by atoms with Gasteiger partial charge in [-0.2, -0.15) is 0 Å². The molecule has 0 spiro atoms. The summed E-state index contributed by atoms with van der Waals surface area (Å²) in [5, 5.41) is 3.29. The number of nitrogens with zero attached hydrogens (tertiary/aromatic N) is 1. The monoisotopic (exact) mass is 516 g/mol. The van der Waals surface area contributed by atoms with Gasteiger partial charge >= 0.3 is 0 Å². The van der Waals surface area contributed by atoms with Crippen molar-refractivity contribution in [2.75, 3.05) is 12.9 Å². The van der Waals surface area contributed by atoms with E-state index < -0.39 is 6.04 Å². The Morgan fingerprint density at radius 1 is 0.919 bits per heavy atom. The first kappa shape index (κ1) is 26.8. The zero-order valence-corrected chi connectivity index (χ0v) is 22.3. The normalized spacial score (nSPS) is 14.5. The maximum Gasteiger partial charge on any atom is 0.243 e. The largest absolute Gasteiger partial charge is 0.497 e. The van der Waals surface area contributed by atoms with E-state index in [1.807, 2.05) is 84.9 Å². The Labute approximate surface area is 224 Å². The molecular formula is C31H36N2O3S. The van der Waals surface area contributed by atoms with Crippen molar-refractivity contribution in [3.05, 3.63) is 96.1 Å². The summed E-state index contributed by atoms with van der Waals surface area (Å²) in [6, 6.07) is 27.2. The molecule has 0 radical (unpaired) electrons. The van der Waals surface area contributed by atoms with Gasteiger partial charge in [0.2, 0.25) is 11.8 Å². The summed E-state index contributed by atoms with van der Waals surface area (Å²) >= 11 is 1.50. The van der Waals surface area contributed by atoms with Gasteiger partial charge in [0.1, 0.15) is 11.8 Å². The second kappa shape index (κ2) is 13.9. The van der Waals surface area contributed by atoms with Crippen molar-refractivity contribution in [2.24, 2.45) is 0 Å². The molecule has 0 bridgehead atoms. The molecular weight excluding hydrogens is 480 g/mol. The van der Waals surface area contributed by atoms with Gasteiger partial charge in [-0.15, -0.1) is 11.8 Å².